The lowest BCUT2D eigenvalue weighted by Gasteiger charge is -2.42. The molecular formula is C46H50BNO. The third-order valence-corrected chi connectivity index (χ3v) is 11.8. The largest absolute Gasteiger partial charge is 0.497 e. The van der Waals surface area contributed by atoms with Crippen molar-refractivity contribution in [3.05, 3.63) is 142 Å². The van der Waals surface area contributed by atoms with Gasteiger partial charge in [0.1, 0.15) is 6.10 Å². The molecule has 2 heterocycles. The van der Waals surface area contributed by atoms with E-state index in [1.54, 1.807) is 0 Å². The Kier molecular flexibility index (Phi) is 7.27. The van der Waals surface area contributed by atoms with E-state index in [1.807, 2.05) is 0 Å². The van der Waals surface area contributed by atoms with Crippen molar-refractivity contribution in [2.45, 2.75) is 92.1 Å². The molecule has 0 spiro atoms. The fraction of sp³-hybridized carbons (Fsp3) is 0.348. The summed E-state index contributed by atoms with van der Waals surface area (Å²) in [6.45, 7) is 21.1. The van der Waals surface area contributed by atoms with Gasteiger partial charge in [-0.05, 0) is 100.0 Å². The Morgan fingerprint density at radius 2 is 1.43 bits per heavy atom. The van der Waals surface area contributed by atoms with Crippen molar-refractivity contribution in [3.63, 3.8) is 0 Å². The maximum absolute atomic E-state index is 7.26. The number of hydrogen-bond acceptors (Lipinski definition) is 2. The van der Waals surface area contributed by atoms with Gasteiger partial charge in [0.2, 0.25) is 0 Å². The van der Waals surface area contributed by atoms with Crippen LogP contribution in [0.1, 0.15) is 83.6 Å². The molecule has 0 saturated heterocycles. The van der Waals surface area contributed by atoms with Crippen LogP contribution in [-0.4, -0.2) is 12.8 Å². The first-order valence-electron chi connectivity index (χ1n) is 18.3. The number of aryl methyl sites for hydroxylation is 2. The minimum absolute atomic E-state index is 0.00320. The Morgan fingerprint density at radius 3 is 2.14 bits per heavy atom. The molecule has 4 aromatic carbocycles. The van der Waals surface area contributed by atoms with E-state index in [2.05, 4.69) is 170 Å². The van der Waals surface area contributed by atoms with E-state index in [4.69, 9.17) is 4.74 Å². The van der Waals surface area contributed by atoms with Crippen LogP contribution in [0.3, 0.4) is 0 Å². The molecule has 3 heteroatoms. The van der Waals surface area contributed by atoms with Crippen LogP contribution < -0.4 is 15.8 Å². The molecule has 49 heavy (non-hydrogen) atoms. The SMILES string of the molecule is Cc1ccc2c(c1)N(c1cc(C)ccc1-c1ccccc1)C1=C(OC3C=CC(C(C)(C)C)=CC13)B2c1ccc2c(c1)C(C)(C)CCC2(C)C. The standard InChI is InChI=1S/C46H50BNO/c1-29-15-19-34(31-13-11-10-12-14-31)39(25-29)48-40-26-30(2)16-21-38(40)47(33-18-20-36-37(28-33)46(8,9)24-23-45(36,6)7)43-42(48)35-27-32(44(3,4)5)17-22-41(35)49-43/h10-22,25-28,35,41H,23-24H2,1-9H3. The summed E-state index contributed by atoms with van der Waals surface area (Å²) in [6.07, 6.45) is 9.50. The molecule has 2 aliphatic heterocycles. The average Bonchev–Trinajstić information content (AvgIpc) is 3.44. The summed E-state index contributed by atoms with van der Waals surface area (Å²) < 4.78 is 7.26. The third-order valence-electron chi connectivity index (χ3n) is 11.8. The second-order valence-corrected chi connectivity index (χ2v) is 17.4. The number of rotatable bonds is 3. The van der Waals surface area contributed by atoms with Crippen LogP contribution in [0.5, 0.6) is 0 Å². The first kappa shape index (κ1) is 32.0. The quantitative estimate of drug-likeness (QED) is 0.206. The number of benzene rings is 4. The van der Waals surface area contributed by atoms with E-state index in [-0.39, 0.29) is 35.0 Å². The first-order chi connectivity index (χ1) is 23.2. The summed E-state index contributed by atoms with van der Waals surface area (Å²) in [4.78, 5) is 2.58. The van der Waals surface area contributed by atoms with E-state index in [9.17, 15) is 0 Å². The van der Waals surface area contributed by atoms with Crippen LogP contribution in [0.15, 0.2) is 120 Å². The molecule has 0 radical (unpaired) electrons. The van der Waals surface area contributed by atoms with Gasteiger partial charge in [0.05, 0.1) is 23.0 Å². The highest BCUT2D eigenvalue weighted by Gasteiger charge is 2.49. The van der Waals surface area contributed by atoms with Gasteiger partial charge in [0.15, 0.2) is 0 Å². The van der Waals surface area contributed by atoms with E-state index in [0.29, 0.717) is 0 Å². The lowest BCUT2D eigenvalue weighted by molar-refractivity contribution is 0.179. The Hall–Kier alpha value is -4.24. The molecule has 4 aliphatic rings. The predicted octanol–water partition coefficient (Wildman–Crippen LogP) is 10.4. The summed E-state index contributed by atoms with van der Waals surface area (Å²) >= 11 is 0. The highest BCUT2D eigenvalue weighted by atomic mass is 16.5. The van der Waals surface area contributed by atoms with E-state index >= 15 is 0 Å². The molecule has 248 valence electrons. The van der Waals surface area contributed by atoms with Crippen molar-refractivity contribution < 1.29 is 4.74 Å². The van der Waals surface area contributed by atoms with E-state index < -0.39 is 0 Å². The molecule has 0 amide bonds. The molecule has 0 aromatic heterocycles. The zero-order chi connectivity index (χ0) is 34.5. The van der Waals surface area contributed by atoms with Gasteiger partial charge in [-0.1, -0.05) is 139 Å². The molecule has 0 fully saturated rings. The van der Waals surface area contributed by atoms with Gasteiger partial charge in [-0.25, -0.2) is 0 Å². The second kappa shape index (κ2) is 11.1. The van der Waals surface area contributed by atoms with E-state index in [0.717, 1.165) is 5.66 Å². The number of allylic oxidation sites excluding steroid dienone is 2. The topological polar surface area (TPSA) is 12.5 Å². The molecule has 2 unspecified atom stereocenters. The van der Waals surface area contributed by atoms with Gasteiger partial charge in [-0.3, -0.25) is 0 Å². The number of hydrogen-bond donors (Lipinski definition) is 0. The zero-order valence-electron chi connectivity index (χ0n) is 30.8. The number of anilines is 2. The van der Waals surface area contributed by atoms with Crippen LogP contribution in [-0.2, 0) is 15.6 Å². The van der Waals surface area contributed by atoms with Crippen molar-refractivity contribution in [1.29, 1.82) is 0 Å². The van der Waals surface area contributed by atoms with Gasteiger partial charge in [0, 0.05) is 11.3 Å². The molecule has 4 aromatic rings. The van der Waals surface area contributed by atoms with E-state index in [1.165, 1.54) is 79.8 Å². The van der Waals surface area contributed by atoms with Crippen molar-refractivity contribution in [2.24, 2.45) is 11.3 Å². The Balaban J connectivity index is 1.42. The molecule has 2 aliphatic carbocycles. The number of nitrogens with zero attached hydrogens (tertiary/aromatic N) is 1. The lowest BCUT2D eigenvalue weighted by Crippen LogP contribution is -2.51. The monoisotopic (exact) mass is 643 g/mol. The van der Waals surface area contributed by atoms with Crippen LogP contribution in [0.2, 0.25) is 0 Å². The molecular weight excluding hydrogens is 593 g/mol. The highest BCUT2D eigenvalue weighted by molar-refractivity contribution is 6.92. The van der Waals surface area contributed by atoms with Gasteiger partial charge < -0.3 is 9.64 Å². The van der Waals surface area contributed by atoms with Gasteiger partial charge in [-0.2, -0.15) is 0 Å². The fourth-order valence-electron chi connectivity index (χ4n) is 8.78. The van der Waals surface area contributed by atoms with Crippen molar-refractivity contribution in [3.8, 4) is 11.1 Å². The molecule has 8 rings (SSSR count). The summed E-state index contributed by atoms with van der Waals surface area (Å²) in [5.41, 5.74) is 17.1. The van der Waals surface area contributed by atoms with Gasteiger partial charge in [-0.15, -0.1) is 0 Å². The van der Waals surface area contributed by atoms with Crippen molar-refractivity contribution in [1.82, 2.24) is 0 Å². The lowest BCUT2D eigenvalue weighted by atomic mass is 9.37. The summed E-state index contributed by atoms with van der Waals surface area (Å²) in [5.74, 6) is 0.0996. The Bertz CT molecular complexity index is 2070. The molecule has 0 saturated carbocycles. The van der Waals surface area contributed by atoms with Crippen molar-refractivity contribution in [2.75, 3.05) is 4.90 Å². The van der Waals surface area contributed by atoms with Crippen LogP contribution in [0, 0.1) is 25.2 Å². The smallest absolute Gasteiger partial charge is 0.291 e. The maximum Gasteiger partial charge on any atom is 0.291 e. The van der Waals surface area contributed by atoms with Crippen LogP contribution in [0.4, 0.5) is 11.4 Å². The summed E-state index contributed by atoms with van der Waals surface area (Å²) in [5, 5.41) is 0. The predicted molar refractivity (Wildman–Crippen MR) is 209 cm³/mol. The van der Waals surface area contributed by atoms with Crippen LogP contribution >= 0.6 is 0 Å². The van der Waals surface area contributed by atoms with Gasteiger partial charge in [0.25, 0.3) is 6.71 Å². The Morgan fingerprint density at radius 1 is 0.755 bits per heavy atom. The number of fused-ring (bicyclic) bond motifs is 4. The normalized spacial score (nSPS) is 21.8. The zero-order valence-corrected chi connectivity index (χ0v) is 30.8. The average molecular weight is 644 g/mol. The molecule has 2 atom stereocenters. The summed E-state index contributed by atoms with van der Waals surface area (Å²) in [6, 6.07) is 32.3. The van der Waals surface area contributed by atoms with Gasteiger partial charge >= 0.3 is 0 Å². The van der Waals surface area contributed by atoms with Crippen molar-refractivity contribution >= 4 is 29.0 Å². The first-order valence-corrected chi connectivity index (χ1v) is 18.3. The second-order valence-electron chi connectivity index (χ2n) is 17.4. The maximum atomic E-state index is 7.26. The third kappa shape index (κ3) is 5.23. The molecule has 0 N–H and O–H groups in total. The molecule has 2 nitrogen and oxygen atoms in total. The Labute approximate surface area is 294 Å². The number of ether oxygens (including phenoxy) is 1. The highest BCUT2D eigenvalue weighted by Crippen LogP contribution is 2.51. The fourth-order valence-corrected chi connectivity index (χ4v) is 8.78. The summed E-state index contributed by atoms with van der Waals surface area (Å²) in [7, 11) is 0. The minimum atomic E-state index is -0.0468. The minimum Gasteiger partial charge on any atom is -0.497 e. The van der Waals surface area contributed by atoms with Crippen LogP contribution in [0.25, 0.3) is 11.1 Å². The molecule has 0 bridgehead atoms.